The summed E-state index contributed by atoms with van der Waals surface area (Å²) in [6.45, 7) is 12.3. The second kappa shape index (κ2) is 8.98. The van der Waals surface area contributed by atoms with E-state index in [0.29, 0.717) is 30.7 Å². The highest BCUT2D eigenvalue weighted by atomic mass is 16.5. The number of piperidine rings is 1. The van der Waals surface area contributed by atoms with Gasteiger partial charge in [-0.05, 0) is 70.8 Å². The molecule has 1 saturated heterocycles. The minimum absolute atomic E-state index is 0.199. The molecule has 2 amide bonds. The number of nitrogens with zero attached hydrogens (tertiary/aromatic N) is 3. The van der Waals surface area contributed by atoms with E-state index in [1.54, 1.807) is 16.5 Å². The van der Waals surface area contributed by atoms with Crippen LogP contribution in [0.3, 0.4) is 0 Å². The number of benzene rings is 1. The predicted octanol–water partition coefficient (Wildman–Crippen LogP) is 3.96. The number of ether oxygens (including phenoxy) is 1. The molecule has 1 aromatic heterocycles. The van der Waals surface area contributed by atoms with Crippen molar-refractivity contribution in [3.8, 4) is 0 Å². The molecule has 7 heteroatoms. The number of likely N-dealkylation sites (N-methyl/N-ethyl adjacent to an activating group) is 1. The number of amides is 2. The smallest absolute Gasteiger partial charge is 0.339 e. The van der Waals surface area contributed by atoms with Gasteiger partial charge in [-0.1, -0.05) is 18.7 Å². The quantitative estimate of drug-likeness (QED) is 0.548. The Morgan fingerprint density at radius 3 is 2.69 bits per heavy atom. The lowest BCUT2D eigenvalue weighted by Gasteiger charge is -2.42. The van der Waals surface area contributed by atoms with Crippen molar-refractivity contribution in [1.29, 1.82) is 0 Å². The van der Waals surface area contributed by atoms with E-state index in [-0.39, 0.29) is 18.2 Å². The van der Waals surface area contributed by atoms with Crippen LogP contribution in [-0.4, -0.2) is 65.8 Å². The van der Waals surface area contributed by atoms with Crippen LogP contribution in [0.2, 0.25) is 0 Å². The fraction of sp³-hybridized carbons (Fsp3) is 0.520. The Balaban J connectivity index is 1.92. The standard InChI is InChI=1S/C25H34N4O3/c1-6-28(7-2)25(31)26-29-20-13-9-11-18-17-12-10-14-27(5)21(17)15-19(22(18)20)23(29)16(4)24(30)32-8-3/h9,11,13,17,21H,4,6-8,10,12,14-15H2,1-3,5H3,(H,26,31)/t17-,21-/m1/s1. The third-order valence-electron chi connectivity index (χ3n) is 7.06. The van der Waals surface area contributed by atoms with Gasteiger partial charge in [0.15, 0.2) is 0 Å². The number of rotatable bonds is 6. The van der Waals surface area contributed by atoms with Crippen LogP contribution < -0.4 is 5.43 Å². The molecule has 1 aromatic carbocycles. The molecule has 2 aromatic rings. The number of fused-ring (bicyclic) bond motifs is 2. The van der Waals surface area contributed by atoms with Gasteiger partial charge >= 0.3 is 12.0 Å². The number of hydrogen-bond donors (Lipinski definition) is 1. The summed E-state index contributed by atoms with van der Waals surface area (Å²) >= 11 is 0. The van der Waals surface area contributed by atoms with E-state index in [9.17, 15) is 9.59 Å². The lowest BCUT2D eigenvalue weighted by Crippen LogP contribution is -2.44. The maximum Gasteiger partial charge on any atom is 0.339 e. The first-order valence-electron chi connectivity index (χ1n) is 11.7. The topological polar surface area (TPSA) is 66.8 Å². The Morgan fingerprint density at radius 2 is 2.00 bits per heavy atom. The maximum absolute atomic E-state index is 13.0. The number of esters is 1. The monoisotopic (exact) mass is 438 g/mol. The summed E-state index contributed by atoms with van der Waals surface area (Å²) in [5, 5.41) is 1.14. The molecule has 2 heterocycles. The lowest BCUT2D eigenvalue weighted by atomic mass is 9.74. The summed E-state index contributed by atoms with van der Waals surface area (Å²) < 4.78 is 7.06. The minimum Gasteiger partial charge on any atom is -0.462 e. The number of carbonyl (C=O) groups is 2. The van der Waals surface area contributed by atoms with Crippen molar-refractivity contribution in [1.82, 2.24) is 14.5 Å². The number of carbonyl (C=O) groups excluding carboxylic acids is 2. The van der Waals surface area contributed by atoms with E-state index in [2.05, 4.69) is 36.1 Å². The van der Waals surface area contributed by atoms with Gasteiger partial charge in [0, 0.05) is 30.4 Å². The Bertz CT molecular complexity index is 1050. The van der Waals surface area contributed by atoms with E-state index in [0.717, 1.165) is 35.9 Å². The highest BCUT2D eigenvalue weighted by molar-refractivity contribution is 6.17. The van der Waals surface area contributed by atoms with Crippen LogP contribution >= 0.6 is 0 Å². The molecule has 0 unspecified atom stereocenters. The molecule has 32 heavy (non-hydrogen) atoms. The molecule has 7 nitrogen and oxygen atoms in total. The molecule has 2 atom stereocenters. The zero-order valence-electron chi connectivity index (χ0n) is 19.6. The van der Waals surface area contributed by atoms with E-state index >= 15 is 0 Å². The molecular formula is C25H34N4O3. The van der Waals surface area contributed by atoms with Gasteiger partial charge < -0.3 is 14.5 Å². The second-order valence-corrected chi connectivity index (χ2v) is 8.69. The van der Waals surface area contributed by atoms with E-state index in [1.807, 2.05) is 19.9 Å². The van der Waals surface area contributed by atoms with Crippen molar-refractivity contribution in [2.24, 2.45) is 0 Å². The van der Waals surface area contributed by atoms with E-state index in [4.69, 9.17) is 4.74 Å². The normalized spacial score (nSPS) is 20.0. The van der Waals surface area contributed by atoms with Crippen molar-refractivity contribution in [3.05, 3.63) is 41.6 Å². The molecule has 4 rings (SSSR count). The van der Waals surface area contributed by atoms with Crippen molar-refractivity contribution in [2.45, 2.75) is 52.0 Å². The summed E-state index contributed by atoms with van der Waals surface area (Å²) in [5.74, 6) is -0.00596. The first kappa shape index (κ1) is 22.4. The average Bonchev–Trinajstić information content (AvgIpc) is 3.09. The van der Waals surface area contributed by atoms with Crippen molar-refractivity contribution < 1.29 is 14.3 Å². The zero-order chi connectivity index (χ0) is 23.0. The molecule has 1 N–H and O–H groups in total. The van der Waals surface area contributed by atoms with Crippen molar-refractivity contribution in [3.63, 3.8) is 0 Å². The molecule has 1 aliphatic carbocycles. The molecule has 0 bridgehead atoms. The number of hydrogen-bond acceptors (Lipinski definition) is 4. The number of likely N-dealkylation sites (tertiary alicyclic amines) is 1. The van der Waals surface area contributed by atoms with Gasteiger partial charge in [0.1, 0.15) is 0 Å². The van der Waals surface area contributed by atoms with Gasteiger partial charge in [-0.15, -0.1) is 0 Å². The highest BCUT2D eigenvalue weighted by Gasteiger charge is 2.39. The average molecular weight is 439 g/mol. The summed E-state index contributed by atoms with van der Waals surface area (Å²) in [6, 6.07) is 6.44. The first-order chi connectivity index (χ1) is 15.4. The molecule has 1 aliphatic heterocycles. The molecule has 0 saturated carbocycles. The van der Waals surface area contributed by atoms with Crippen molar-refractivity contribution in [2.75, 3.05) is 38.7 Å². The van der Waals surface area contributed by atoms with Gasteiger partial charge in [-0.3, -0.25) is 4.68 Å². The maximum atomic E-state index is 13.0. The van der Waals surface area contributed by atoms with Gasteiger partial charge in [0.05, 0.1) is 23.4 Å². The van der Waals surface area contributed by atoms with E-state index < -0.39 is 5.97 Å². The first-order valence-corrected chi connectivity index (χ1v) is 11.7. The Hall–Kier alpha value is -2.80. The third-order valence-corrected chi connectivity index (χ3v) is 7.06. The van der Waals surface area contributed by atoms with E-state index in [1.165, 1.54) is 12.0 Å². The third kappa shape index (κ3) is 3.58. The molecule has 2 aliphatic rings. The second-order valence-electron chi connectivity index (χ2n) is 8.69. The summed E-state index contributed by atoms with van der Waals surface area (Å²) in [7, 11) is 2.18. The van der Waals surface area contributed by atoms with Gasteiger partial charge in [-0.25, -0.2) is 15.0 Å². The Labute approximate surface area is 190 Å². The van der Waals surface area contributed by atoms with Crippen LogP contribution in [0.25, 0.3) is 16.5 Å². The number of aromatic nitrogens is 1. The molecular weight excluding hydrogens is 404 g/mol. The summed E-state index contributed by atoms with van der Waals surface area (Å²) in [4.78, 5) is 29.9. The van der Waals surface area contributed by atoms with Crippen LogP contribution in [0.1, 0.15) is 56.4 Å². The zero-order valence-corrected chi connectivity index (χ0v) is 19.6. The van der Waals surface area contributed by atoms with Gasteiger partial charge in [0.2, 0.25) is 0 Å². The molecule has 0 spiro atoms. The van der Waals surface area contributed by atoms with Crippen molar-refractivity contribution >= 4 is 28.5 Å². The Kier molecular flexibility index (Phi) is 6.29. The summed E-state index contributed by atoms with van der Waals surface area (Å²) in [6.07, 6.45) is 3.14. The predicted molar refractivity (Wildman–Crippen MR) is 127 cm³/mol. The largest absolute Gasteiger partial charge is 0.462 e. The van der Waals surface area contributed by atoms with Crippen LogP contribution in [-0.2, 0) is 16.0 Å². The van der Waals surface area contributed by atoms with Gasteiger partial charge in [0.25, 0.3) is 0 Å². The molecule has 1 fully saturated rings. The van der Waals surface area contributed by atoms with Gasteiger partial charge in [-0.2, -0.15) is 0 Å². The SMILES string of the molecule is C=C(C(=O)OCC)c1c2c3c(cccc3n1NC(=O)N(CC)CC)[C@H]1CCCN(C)[C@@H]1C2. The van der Waals surface area contributed by atoms with Crippen LogP contribution in [0, 0.1) is 0 Å². The lowest BCUT2D eigenvalue weighted by molar-refractivity contribution is -0.136. The number of nitrogens with one attached hydrogen (secondary N) is 1. The molecule has 0 radical (unpaired) electrons. The fourth-order valence-electron chi connectivity index (χ4n) is 5.48. The Morgan fingerprint density at radius 1 is 1.25 bits per heavy atom. The van der Waals surface area contributed by atoms with Crippen LogP contribution in [0.4, 0.5) is 4.79 Å². The number of urea groups is 1. The van der Waals surface area contributed by atoms with Crippen LogP contribution in [0.5, 0.6) is 0 Å². The summed E-state index contributed by atoms with van der Waals surface area (Å²) in [5.41, 5.74) is 7.27. The molecule has 172 valence electrons. The van der Waals surface area contributed by atoms with Crippen LogP contribution in [0.15, 0.2) is 24.8 Å². The highest BCUT2D eigenvalue weighted by Crippen LogP contribution is 2.46. The fourth-order valence-corrected chi connectivity index (χ4v) is 5.48. The minimum atomic E-state index is -0.453.